The van der Waals surface area contributed by atoms with Gasteiger partial charge in [-0.15, -0.1) is 10.2 Å². The average molecular weight is 373 g/mol. The summed E-state index contributed by atoms with van der Waals surface area (Å²) in [4.78, 5) is 16.6. The van der Waals surface area contributed by atoms with Gasteiger partial charge < -0.3 is 9.80 Å². The number of nitrogens with zero attached hydrogens (tertiary/aromatic N) is 7. The number of anilines is 1. The first-order valence-electron chi connectivity index (χ1n) is 9.05. The van der Waals surface area contributed by atoms with E-state index in [-0.39, 0.29) is 5.91 Å². The summed E-state index contributed by atoms with van der Waals surface area (Å²) in [6, 6.07) is 14.5. The van der Waals surface area contributed by atoms with Gasteiger partial charge in [-0.1, -0.05) is 0 Å². The van der Waals surface area contributed by atoms with Crippen LogP contribution >= 0.6 is 0 Å². The van der Waals surface area contributed by atoms with Crippen LogP contribution in [0.4, 0.5) is 5.82 Å². The van der Waals surface area contributed by atoms with Gasteiger partial charge in [0.15, 0.2) is 11.6 Å². The van der Waals surface area contributed by atoms with Crippen LogP contribution in [0.1, 0.15) is 21.6 Å². The molecule has 8 heteroatoms. The lowest BCUT2D eigenvalue weighted by Gasteiger charge is -2.35. The number of rotatable bonds is 3. The molecule has 0 spiro atoms. The Kier molecular flexibility index (Phi) is 4.72. The van der Waals surface area contributed by atoms with E-state index in [9.17, 15) is 4.79 Å². The Labute approximate surface area is 162 Å². The predicted molar refractivity (Wildman–Crippen MR) is 103 cm³/mol. The maximum Gasteiger partial charge on any atom is 0.253 e. The molecule has 1 aliphatic heterocycles. The molecular weight excluding hydrogens is 354 g/mol. The number of aryl methyl sites for hydroxylation is 1. The van der Waals surface area contributed by atoms with Crippen LogP contribution in [0.15, 0.2) is 48.7 Å². The lowest BCUT2D eigenvalue weighted by atomic mass is 10.1. The van der Waals surface area contributed by atoms with Gasteiger partial charge in [-0.25, -0.2) is 4.68 Å². The fraction of sp³-hybridized carbons (Fsp3) is 0.250. The van der Waals surface area contributed by atoms with Crippen LogP contribution in [0.2, 0.25) is 0 Å². The van der Waals surface area contributed by atoms with Crippen molar-refractivity contribution in [3.05, 3.63) is 65.5 Å². The first-order valence-corrected chi connectivity index (χ1v) is 9.05. The topological polar surface area (TPSA) is 90.9 Å². The molecule has 3 aromatic rings. The van der Waals surface area contributed by atoms with Crippen molar-refractivity contribution in [1.29, 1.82) is 5.26 Å². The zero-order chi connectivity index (χ0) is 19.5. The third kappa shape index (κ3) is 3.55. The number of hydrogen-bond acceptors (Lipinski definition) is 6. The third-order valence-electron chi connectivity index (χ3n) is 4.75. The van der Waals surface area contributed by atoms with Crippen molar-refractivity contribution >= 4 is 11.7 Å². The highest BCUT2D eigenvalue weighted by Crippen LogP contribution is 2.16. The number of benzene rings is 1. The first-order chi connectivity index (χ1) is 13.6. The monoisotopic (exact) mass is 373 g/mol. The minimum Gasteiger partial charge on any atom is -0.352 e. The van der Waals surface area contributed by atoms with Crippen LogP contribution in [0.5, 0.6) is 0 Å². The Morgan fingerprint density at radius 1 is 0.964 bits per heavy atom. The Bertz CT molecular complexity index is 1010. The minimum absolute atomic E-state index is 0.0142. The van der Waals surface area contributed by atoms with E-state index in [1.807, 2.05) is 36.2 Å². The number of nitriles is 1. The second kappa shape index (κ2) is 7.48. The summed E-state index contributed by atoms with van der Waals surface area (Å²) < 4.78 is 1.69. The highest BCUT2D eigenvalue weighted by atomic mass is 16.2. The molecule has 1 saturated heterocycles. The molecule has 0 saturated carbocycles. The van der Waals surface area contributed by atoms with Crippen molar-refractivity contribution in [2.75, 3.05) is 31.1 Å². The first kappa shape index (κ1) is 17.7. The molecule has 3 heterocycles. The number of carbonyl (C=O) groups excluding carboxylic acids is 1. The SMILES string of the molecule is Cc1ccn(-c2ccc(N3CCN(C(=O)c4ccc(C#N)cc4)CC3)nn2)n1. The highest BCUT2D eigenvalue weighted by molar-refractivity contribution is 5.94. The van der Waals surface area contributed by atoms with E-state index in [1.54, 1.807) is 28.9 Å². The van der Waals surface area contributed by atoms with Gasteiger partial charge in [-0.2, -0.15) is 10.4 Å². The number of hydrogen-bond donors (Lipinski definition) is 0. The fourth-order valence-corrected chi connectivity index (χ4v) is 3.16. The molecule has 140 valence electrons. The molecule has 0 radical (unpaired) electrons. The zero-order valence-corrected chi connectivity index (χ0v) is 15.5. The third-order valence-corrected chi connectivity index (χ3v) is 4.75. The van der Waals surface area contributed by atoms with E-state index in [2.05, 4.69) is 26.3 Å². The maximum absolute atomic E-state index is 12.6. The summed E-state index contributed by atoms with van der Waals surface area (Å²) in [5, 5.41) is 21.8. The summed E-state index contributed by atoms with van der Waals surface area (Å²) in [6.45, 7) is 4.53. The Morgan fingerprint density at radius 2 is 1.64 bits per heavy atom. The van der Waals surface area contributed by atoms with Crippen LogP contribution in [-0.4, -0.2) is 57.0 Å². The number of carbonyl (C=O) groups is 1. The van der Waals surface area contributed by atoms with Crippen molar-refractivity contribution in [2.45, 2.75) is 6.92 Å². The molecule has 1 amide bonds. The molecule has 2 aromatic heterocycles. The molecule has 8 nitrogen and oxygen atoms in total. The van der Waals surface area contributed by atoms with E-state index in [1.165, 1.54) is 0 Å². The Hall–Kier alpha value is -3.73. The van der Waals surface area contributed by atoms with Crippen molar-refractivity contribution in [3.8, 4) is 11.9 Å². The van der Waals surface area contributed by atoms with E-state index in [4.69, 9.17) is 5.26 Å². The van der Waals surface area contributed by atoms with Crippen LogP contribution in [-0.2, 0) is 0 Å². The fourth-order valence-electron chi connectivity index (χ4n) is 3.16. The van der Waals surface area contributed by atoms with Gasteiger partial charge in [0.1, 0.15) is 0 Å². The summed E-state index contributed by atoms with van der Waals surface area (Å²) >= 11 is 0. The van der Waals surface area contributed by atoms with E-state index < -0.39 is 0 Å². The molecule has 0 aliphatic carbocycles. The zero-order valence-electron chi connectivity index (χ0n) is 15.5. The van der Waals surface area contributed by atoms with Gasteiger partial charge in [-0.05, 0) is 49.4 Å². The van der Waals surface area contributed by atoms with Gasteiger partial charge in [0.2, 0.25) is 0 Å². The standard InChI is InChI=1S/C20H19N7O/c1-15-8-9-27(24-15)19-7-6-18(22-23-19)25-10-12-26(13-11-25)20(28)17-4-2-16(14-21)3-5-17/h2-9H,10-13H2,1H3. The average Bonchev–Trinajstić information content (AvgIpc) is 3.20. The number of aromatic nitrogens is 4. The van der Waals surface area contributed by atoms with Crippen LogP contribution in [0.25, 0.3) is 5.82 Å². The molecule has 0 atom stereocenters. The van der Waals surface area contributed by atoms with Gasteiger partial charge in [0.05, 0.1) is 17.3 Å². The highest BCUT2D eigenvalue weighted by Gasteiger charge is 2.23. The second-order valence-electron chi connectivity index (χ2n) is 6.62. The molecule has 4 rings (SSSR count). The quantitative estimate of drug-likeness (QED) is 0.695. The van der Waals surface area contributed by atoms with Gasteiger partial charge in [0.25, 0.3) is 5.91 Å². The lowest BCUT2D eigenvalue weighted by Crippen LogP contribution is -2.49. The summed E-state index contributed by atoms with van der Waals surface area (Å²) in [7, 11) is 0. The molecule has 0 N–H and O–H groups in total. The van der Waals surface area contributed by atoms with Crippen molar-refractivity contribution in [1.82, 2.24) is 24.9 Å². The molecule has 1 aromatic carbocycles. The van der Waals surface area contributed by atoms with Crippen LogP contribution in [0.3, 0.4) is 0 Å². The summed E-state index contributed by atoms with van der Waals surface area (Å²) in [6.07, 6.45) is 1.85. The Morgan fingerprint density at radius 3 is 2.21 bits per heavy atom. The van der Waals surface area contributed by atoms with Gasteiger partial charge in [-0.3, -0.25) is 4.79 Å². The second-order valence-corrected chi connectivity index (χ2v) is 6.62. The van der Waals surface area contributed by atoms with Crippen LogP contribution < -0.4 is 4.90 Å². The van der Waals surface area contributed by atoms with Crippen molar-refractivity contribution < 1.29 is 4.79 Å². The maximum atomic E-state index is 12.6. The molecule has 28 heavy (non-hydrogen) atoms. The lowest BCUT2D eigenvalue weighted by molar-refractivity contribution is 0.0746. The number of amides is 1. The van der Waals surface area contributed by atoms with Gasteiger partial charge >= 0.3 is 0 Å². The van der Waals surface area contributed by atoms with E-state index in [0.29, 0.717) is 43.1 Å². The summed E-state index contributed by atoms with van der Waals surface area (Å²) in [5.74, 6) is 1.45. The van der Waals surface area contributed by atoms with Crippen molar-refractivity contribution in [2.24, 2.45) is 0 Å². The van der Waals surface area contributed by atoms with Gasteiger partial charge in [0, 0.05) is 37.9 Å². The normalized spacial score (nSPS) is 14.0. The predicted octanol–water partition coefficient (Wildman–Crippen LogP) is 1.80. The minimum atomic E-state index is -0.0142. The van der Waals surface area contributed by atoms with E-state index >= 15 is 0 Å². The molecule has 0 bridgehead atoms. The number of piperazine rings is 1. The molecule has 1 fully saturated rings. The van der Waals surface area contributed by atoms with E-state index in [0.717, 1.165) is 11.5 Å². The molecule has 1 aliphatic rings. The Balaban J connectivity index is 1.38. The van der Waals surface area contributed by atoms with Crippen LogP contribution in [0, 0.1) is 18.3 Å². The molecule has 0 unspecified atom stereocenters. The molecular formula is C20H19N7O. The smallest absolute Gasteiger partial charge is 0.253 e. The summed E-state index contributed by atoms with van der Waals surface area (Å²) in [5.41, 5.74) is 2.08. The van der Waals surface area contributed by atoms with Crippen molar-refractivity contribution in [3.63, 3.8) is 0 Å². The largest absolute Gasteiger partial charge is 0.352 e.